The largest absolute Gasteiger partial charge is 0.377 e. The molecule has 4 unspecified atom stereocenters. The maximum atomic E-state index is 14.6. The molecule has 1 nitrogen and oxygen atoms in total. The molecule has 0 saturated heterocycles. The van der Waals surface area contributed by atoms with Crippen LogP contribution in [0.2, 0.25) is 0 Å². The minimum Gasteiger partial charge on any atom is -0.288 e. The van der Waals surface area contributed by atoms with Crippen LogP contribution >= 0.6 is 0 Å². The lowest BCUT2D eigenvalue weighted by atomic mass is 9.90. The van der Waals surface area contributed by atoms with Crippen molar-refractivity contribution in [2.24, 2.45) is 0 Å². The van der Waals surface area contributed by atoms with E-state index in [1.165, 1.54) is 0 Å². The molecular formula is C14H6F24O. The fraction of sp³-hybridized carbons (Fsp3) is 1.00. The first kappa shape index (κ1) is 37.3. The molecule has 0 aliphatic rings. The van der Waals surface area contributed by atoms with Crippen LogP contribution in [0.15, 0.2) is 0 Å². The van der Waals surface area contributed by atoms with Gasteiger partial charge in [0, 0.05) is 0 Å². The molecule has 0 aromatic carbocycles. The van der Waals surface area contributed by atoms with Gasteiger partial charge in [-0.05, 0) is 0 Å². The highest BCUT2D eigenvalue weighted by Crippen LogP contribution is 2.63. The molecule has 0 N–H and O–H groups in total. The molecule has 25 heteroatoms. The molecule has 4 atom stereocenters. The first-order valence-electron chi connectivity index (χ1n) is 8.56. The van der Waals surface area contributed by atoms with E-state index in [1.54, 1.807) is 0 Å². The summed E-state index contributed by atoms with van der Waals surface area (Å²) < 4.78 is 319. The maximum absolute atomic E-state index is 14.6. The Hall–Kier alpha value is -1.72. The SMILES string of the molecule is FC(F)C(F)C(F)(F)C(F)(F)C(F)(OC(F)(C(F)(F)C(F)F)C(F)(F)C(F)(F)C(F)C(F)F)C(F)(F)C(F)F. The molecule has 0 radical (unpaired) electrons. The number of hydrogen-bond acceptors (Lipinski definition) is 1. The molecule has 0 amide bonds. The van der Waals surface area contributed by atoms with Crippen LogP contribution in [-0.2, 0) is 4.74 Å². The van der Waals surface area contributed by atoms with Crippen molar-refractivity contribution in [2.45, 2.75) is 85.3 Å². The van der Waals surface area contributed by atoms with Gasteiger partial charge >= 0.3 is 60.1 Å². The molecule has 236 valence electrons. The number of rotatable bonds is 14. The lowest BCUT2D eigenvalue weighted by molar-refractivity contribution is -0.516. The molecular weight excluding hydrogens is 640 g/mol. The topological polar surface area (TPSA) is 9.23 Å². The summed E-state index contributed by atoms with van der Waals surface area (Å²) >= 11 is 0. The van der Waals surface area contributed by atoms with Crippen molar-refractivity contribution in [3.05, 3.63) is 0 Å². The Balaban J connectivity index is 7.94. The second-order valence-corrected chi connectivity index (χ2v) is 7.01. The van der Waals surface area contributed by atoms with Crippen LogP contribution in [0.25, 0.3) is 0 Å². The van der Waals surface area contributed by atoms with Gasteiger partial charge in [0.1, 0.15) is 0 Å². The third-order valence-electron chi connectivity index (χ3n) is 4.47. The molecule has 39 heavy (non-hydrogen) atoms. The lowest BCUT2D eigenvalue weighted by Gasteiger charge is -2.48. The van der Waals surface area contributed by atoms with E-state index in [1.807, 2.05) is 0 Å². The Bertz CT molecular complexity index is 758. The van der Waals surface area contributed by atoms with Gasteiger partial charge in [0.05, 0.1) is 0 Å². The average molecular weight is 646 g/mol. The van der Waals surface area contributed by atoms with Gasteiger partial charge < -0.3 is 0 Å². The molecule has 0 bridgehead atoms. The standard InChI is InChI=1S/C14H6F24O/c15-1(3(17)18)7(25,26)11(33,34)13(37,9(29,30)5(21)22)39-14(38,10(31,32)6(23)24)12(35,36)8(27,28)2(16)4(19)20/h1-6H. The summed E-state index contributed by atoms with van der Waals surface area (Å²) in [6, 6.07) is 0. The zero-order valence-corrected chi connectivity index (χ0v) is 16.9. The zero-order valence-electron chi connectivity index (χ0n) is 16.9. The third kappa shape index (κ3) is 5.23. The highest BCUT2D eigenvalue weighted by atomic mass is 19.4. The number of halogens is 24. The van der Waals surface area contributed by atoms with Crippen molar-refractivity contribution in [3.63, 3.8) is 0 Å². The minimum absolute atomic E-state index is 1.16. The van der Waals surface area contributed by atoms with Crippen LogP contribution in [-0.4, -0.2) is 85.3 Å². The fourth-order valence-electron chi connectivity index (χ4n) is 2.25. The zero-order chi connectivity index (χ0) is 32.2. The van der Waals surface area contributed by atoms with Crippen LogP contribution in [0.4, 0.5) is 105 Å². The van der Waals surface area contributed by atoms with Crippen molar-refractivity contribution in [2.75, 3.05) is 0 Å². The third-order valence-corrected chi connectivity index (χ3v) is 4.47. The molecule has 0 aromatic heterocycles. The summed E-state index contributed by atoms with van der Waals surface area (Å²) in [5.41, 5.74) is 0. The number of hydrogen-bond donors (Lipinski definition) is 0. The molecule has 0 heterocycles. The van der Waals surface area contributed by atoms with E-state index < -0.39 is 85.3 Å². The molecule has 0 aliphatic carbocycles. The molecule has 0 rings (SSSR count). The van der Waals surface area contributed by atoms with E-state index in [0.29, 0.717) is 0 Å². The molecule has 0 aromatic rings. The highest BCUT2D eigenvalue weighted by Gasteiger charge is 2.92. The predicted octanol–water partition coefficient (Wildman–Crippen LogP) is 7.88. The normalized spacial score (nSPS) is 20.0. The second kappa shape index (κ2) is 10.6. The predicted molar refractivity (Wildman–Crippen MR) is 72.3 cm³/mol. The Kier molecular flexibility index (Phi) is 10.1. The number of alkyl halides is 24. The summed E-state index contributed by atoms with van der Waals surface area (Å²) in [6.07, 6.45) is -36.8. The van der Waals surface area contributed by atoms with E-state index in [2.05, 4.69) is 0 Å². The summed E-state index contributed by atoms with van der Waals surface area (Å²) in [6.45, 7) is 0. The van der Waals surface area contributed by atoms with Gasteiger partial charge in [-0.15, -0.1) is 0 Å². The van der Waals surface area contributed by atoms with Gasteiger partial charge in [-0.1, -0.05) is 0 Å². The smallest absolute Gasteiger partial charge is 0.288 e. The van der Waals surface area contributed by atoms with Crippen LogP contribution in [0, 0.1) is 0 Å². The van der Waals surface area contributed by atoms with Gasteiger partial charge in [0.2, 0.25) is 12.3 Å². The average Bonchev–Trinajstić information content (AvgIpc) is 2.76. The van der Waals surface area contributed by atoms with Crippen molar-refractivity contribution in [3.8, 4) is 0 Å². The second-order valence-electron chi connectivity index (χ2n) is 7.01. The maximum Gasteiger partial charge on any atom is 0.377 e. The first-order chi connectivity index (χ1) is 16.8. The van der Waals surface area contributed by atoms with Gasteiger partial charge in [0.15, 0.2) is 0 Å². The summed E-state index contributed by atoms with van der Waals surface area (Å²) in [4.78, 5) is 0. The summed E-state index contributed by atoms with van der Waals surface area (Å²) in [7, 11) is 0. The lowest BCUT2D eigenvalue weighted by Crippen LogP contribution is -2.77. The van der Waals surface area contributed by atoms with E-state index in [-0.39, 0.29) is 0 Å². The monoisotopic (exact) mass is 646 g/mol. The van der Waals surface area contributed by atoms with E-state index in [0.717, 1.165) is 4.74 Å². The van der Waals surface area contributed by atoms with E-state index in [4.69, 9.17) is 0 Å². The number of ether oxygens (including phenoxy) is 1. The summed E-state index contributed by atoms with van der Waals surface area (Å²) in [5.74, 6) is -68.5. The van der Waals surface area contributed by atoms with Crippen molar-refractivity contribution < 1.29 is 110 Å². The summed E-state index contributed by atoms with van der Waals surface area (Å²) in [5, 5.41) is 0. The van der Waals surface area contributed by atoms with Gasteiger partial charge in [-0.3, -0.25) is 4.74 Å². The van der Waals surface area contributed by atoms with Gasteiger partial charge in [0.25, 0.3) is 12.9 Å². The molecule has 0 fully saturated rings. The van der Waals surface area contributed by atoms with Crippen LogP contribution in [0.3, 0.4) is 0 Å². The molecule has 0 aliphatic heterocycles. The minimum atomic E-state index is -8.96. The Morgan fingerprint density at radius 2 is 0.538 bits per heavy atom. The Morgan fingerprint density at radius 1 is 0.333 bits per heavy atom. The molecule has 0 spiro atoms. The van der Waals surface area contributed by atoms with Gasteiger partial charge in [-0.25, -0.2) is 43.9 Å². The van der Waals surface area contributed by atoms with Crippen molar-refractivity contribution >= 4 is 0 Å². The highest BCUT2D eigenvalue weighted by molar-refractivity contribution is 5.14. The van der Waals surface area contributed by atoms with E-state index >= 15 is 0 Å². The molecule has 0 saturated carbocycles. The van der Waals surface area contributed by atoms with E-state index in [9.17, 15) is 105 Å². The first-order valence-corrected chi connectivity index (χ1v) is 8.56. The van der Waals surface area contributed by atoms with Crippen LogP contribution < -0.4 is 0 Å². The van der Waals surface area contributed by atoms with Crippen LogP contribution in [0.1, 0.15) is 0 Å². The Morgan fingerprint density at radius 3 is 0.692 bits per heavy atom. The van der Waals surface area contributed by atoms with Crippen molar-refractivity contribution in [1.82, 2.24) is 0 Å². The fourth-order valence-corrected chi connectivity index (χ4v) is 2.25. The quantitative estimate of drug-likeness (QED) is 0.175. The van der Waals surface area contributed by atoms with Crippen LogP contribution in [0.5, 0.6) is 0 Å². The van der Waals surface area contributed by atoms with Crippen molar-refractivity contribution in [1.29, 1.82) is 0 Å². The Labute approximate surface area is 197 Å². The van der Waals surface area contributed by atoms with Gasteiger partial charge in [-0.2, -0.15) is 61.5 Å².